The van der Waals surface area contributed by atoms with Crippen LogP contribution >= 0.6 is 0 Å². The third-order valence-corrected chi connectivity index (χ3v) is 6.83. The fourth-order valence-corrected chi connectivity index (χ4v) is 4.92. The topological polar surface area (TPSA) is 117 Å². The number of H-pyrrole nitrogens is 1. The Morgan fingerprint density at radius 2 is 1.62 bits per heavy atom. The van der Waals surface area contributed by atoms with Crippen molar-refractivity contribution in [3.8, 4) is 0 Å². The number of benzene rings is 2. The van der Waals surface area contributed by atoms with Crippen LogP contribution in [0.3, 0.4) is 0 Å². The lowest BCUT2D eigenvalue weighted by Gasteiger charge is -2.35. The number of nitrogens with zero attached hydrogens (tertiary/aromatic N) is 2. The normalized spacial score (nSPS) is 16.4. The zero-order valence-electron chi connectivity index (χ0n) is 21.0. The van der Waals surface area contributed by atoms with Crippen molar-refractivity contribution in [3.63, 3.8) is 0 Å². The number of fused-ring (bicyclic) bond motifs is 1. The standard InChI is InChI=1S/C28H27N3O6/c1-16-17(2)31(35)25(30(16)15-18-10-6-5-7-11-18)22(23-26(33)36-28(3,4)37-27(23)34)20-14-19-12-8-9-13-21(19)29-24(20)32/h5-14,22-23H,15H2,1-4H3,(H,29,32)/t22-/m1/s1. The summed E-state index contributed by atoms with van der Waals surface area (Å²) in [5.74, 6) is -5.92. The van der Waals surface area contributed by atoms with Gasteiger partial charge in [0.1, 0.15) is 23.9 Å². The van der Waals surface area contributed by atoms with E-state index in [4.69, 9.17) is 9.47 Å². The number of ether oxygens (including phenoxy) is 2. The van der Waals surface area contributed by atoms with Crippen LogP contribution in [0.25, 0.3) is 10.9 Å². The molecule has 0 spiro atoms. The number of rotatable bonds is 5. The number of imidazole rings is 1. The molecule has 1 atom stereocenters. The van der Waals surface area contributed by atoms with E-state index in [1.807, 2.05) is 36.4 Å². The number of nitrogens with one attached hydrogen (secondary N) is 1. The van der Waals surface area contributed by atoms with Crippen LogP contribution in [-0.2, 0) is 25.6 Å². The molecule has 190 valence electrons. The lowest BCUT2D eigenvalue weighted by Crippen LogP contribution is -2.51. The van der Waals surface area contributed by atoms with E-state index in [2.05, 4.69) is 4.98 Å². The first kappa shape index (κ1) is 24.3. The molecule has 9 heteroatoms. The molecule has 2 aromatic heterocycles. The van der Waals surface area contributed by atoms with Crippen molar-refractivity contribution in [1.29, 1.82) is 0 Å². The van der Waals surface area contributed by atoms with Gasteiger partial charge in [-0.3, -0.25) is 14.4 Å². The molecule has 0 saturated carbocycles. The van der Waals surface area contributed by atoms with Gasteiger partial charge in [0.25, 0.3) is 17.2 Å². The molecule has 1 aliphatic heterocycles. The number of carbonyl (C=O) groups is 2. The average molecular weight is 502 g/mol. The second-order valence-corrected chi connectivity index (χ2v) is 9.73. The first-order valence-corrected chi connectivity index (χ1v) is 12.0. The Hall–Kier alpha value is -4.40. The van der Waals surface area contributed by atoms with Gasteiger partial charge in [-0.15, -0.1) is 0 Å². The number of pyridine rings is 1. The third-order valence-electron chi connectivity index (χ3n) is 6.83. The van der Waals surface area contributed by atoms with Crippen LogP contribution in [-0.4, -0.2) is 27.3 Å². The van der Waals surface area contributed by atoms with E-state index in [0.717, 1.165) is 5.56 Å². The lowest BCUT2D eigenvalue weighted by molar-refractivity contribution is -0.621. The third kappa shape index (κ3) is 4.26. The summed E-state index contributed by atoms with van der Waals surface area (Å²) < 4.78 is 13.3. The molecule has 1 aliphatic rings. The molecule has 0 aliphatic carbocycles. The van der Waals surface area contributed by atoms with E-state index in [1.54, 1.807) is 42.7 Å². The SMILES string of the molecule is Cc1c(C)[n+]([O-])c([C@H](c2cc3ccccc3[nH]c2=O)C2C(=O)OC(C)(C)OC2=O)n1Cc1ccccc1. The molecular weight excluding hydrogens is 474 g/mol. The van der Waals surface area contributed by atoms with Crippen molar-refractivity contribution < 1.29 is 23.8 Å². The Morgan fingerprint density at radius 1 is 1.00 bits per heavy atom. The van der Waals surface area contributed by atoms with Gasteiger partial charge in [-0.05, 0) is 23.1 Å². The highest BCUT2D eigenvalue weighted by atomic mass is 16.7. The Balaban J connectivity index is 1.78. The number of para-hydroxylation sites is 1. The zero-order valence-corrected chi connectivity index (χ0v) is 21.0. The van der Waals surface area contributed by atoms with Crippen LogP contribution in [0.4, 0.5) is 0 Å². The average Bonchev–Trinajstić information content (AvgIpc) is 3.04. The minimum atomic E-state index is -1.56. The molecule has 5 rings (SSSR count). The van der Waals surface area contributed by atoms with Crippen LogP contribution < -0.4 is 10.3 Å². The molecule has 1 N–H and O–H groups in total. The van der Waals surface area contributed by atoms with Gasteiger partial charge in [0.2, 0.25) is 0 Å². The van der Waals surface area contributed by atoms with Crippen molar-refractivity contribution in [3.05, 3.63) is 105 Å². The number of cyclic esters (lactones) is 2. The number of esters is 2. The summed E-state index contributed by atoms with van der Waals surface area (Å²) >= 11 is 0. The van der Waals surface area contributed by atoms with Gasteiger partial charge >= 0.3 is 11.9 Å². The van der Waals surface area contributed by atoms with Crippen molar-refractivity contribution in [2.24, 2.45) is 5.92 Å². The summed E-state index contributed by atoms with van der Waals surface area (Å²) in [5, 5.41) is 14.3. The largest absolute Gasteiger partial charge is 0.711 e. The Morgan fingerprint density at radius 3 is 2.30 bits per heavy atom. The van der Waals surface area contributed by atoms with Crippen LogP contribution in [0.1, 0.15) is 48.1 Å². The van der Waals surface area contributed by atoms with Gasteiger partial charge in [0.05, 0.1) is 0 Å². The number of aromatic amines is 1. The summed E-state index contributed by atoms with van der Waals surface area (Å²) in [6.07, 6.45) is 0. The predicted molar refractivity (Wildman–Crippen MR) is 135 cm³/mol. The highest BCUT2D eigenvalue weighted by Crippen LogP contribution is 2.37. The molecule has 9 nitrogen and oxygen atoms in total. The second kappa shape index (κ2) is 8.92. The number of aromatic nitrogens is 3. The van der Waals surface area contributed by atoms with Crippen molar-refractivity contribution in [1.82, 2.24) is 9.55 Å². The number of hydrogen-bond acceptors (Lipinski definition) is 6. The summed E-state index contributed by atoms with van der Waals surface area (Å²) in [7, 11) is 0. The zero-order chi connectivity index (χ0) is 26.5. The van der Waals surface area contributed by atoms with E-state index in [9.17, 15) is 19.6 Å². The molecule has 1 saturated heterocycles. The first-order chi connectivity index (χ1) is 17.6. The summed E-state index contributed by atoms with van der Waals surface area (Å²) in [6, 6.07) is 18.3. The maximum absolute atomic E-state index is 13.7. The van der Waals surface area contributed by atoms with E-state index in [-0.39, 0.29) is 11.4 Å². The maximum Gasteiger partial charge on any atom is 0.324 e. The molecule has 0 unspecified atom stereocenters. The predicted octanol–water partition coefficient (Wildman–Crippen LogP) is 3.21. The Bertz CT molecular complexity index is 1570. The maximum atomic E-state index is 13.7. The van der Waals surface area contributed by atoms with E-state index >= 15 is 0 Å². The molecule has 0 amide bonds. The van der Waals surface area contributed by atoms with E-state index in [0.29, 0.717) is 33.6 Å². The van der Waals surface area contributed by atoms with Crippen molar-refractivity contribution in [2.75, 3.05) is 0 Å². The highest BCUT2D eigenvalue weighted by Gasteiger charge is 2.52. The van der Waals surface area contributed by atoms with Gasteiger partial charge < -0.3 is 19.7 Å². The molecule has 4 aromatic rings. The summed E-state index contributed by atoms with van der Waals surface area (Å²) in [5.41, 5.74) is 2.11. The molecule has 3 heterocycles. The van der Waals surface area contributed by atoms with Gasteiger partial charge in [-0.2, -0.15) is 0 Å². The Labute approximate surface area is 212 Å². The molecular formula is C28H27N3O6. The molecule has 0 radical (unpaired) electrons. The van der Waals surface area contributed by atoms with Crippen LogP contribution in [0.2, 0.25) is 0 Å². The van der Waals surface area contributed by atoms with Crippen LogP contribution in [0, 0.1) is 25.0 Å². The molecule has 37 heavy (non-hydrogen) atoms. The fourth-order valence-electron chi connectivity index (χ4n) is 4.92. The van der Waals surface area contributed by atoms with Crippen LogP contribution in [0.15, 0.2) is 65.5 Å². The lowest BCUT2D eigenvalue weighted by atomic mass is 9.84. The van der Waals surface area contributed by atoms with Crippen molar-refractivity contribution >= 4 is 22.8 Å². The minimum absolute atomic E-state index is 0.0817. The van der Waals surface area contributed by atoms with Gasteiger partial charge in [0, 0.05) is 38.8 Å². The van der Waals surface area contributed by atoms with E-state index < -0.39 is 35.1 Å². The quantitative estimate of drug-likeness (QED) is 0.194. The second-order valence-electron chi connectivity index (χ2n) is 9.73. The van der Waals surface area contributed by atoms with E-state index in [1.165, 1.54) is 13.8 Å². The summed E-state index contributed by atoms with van der Waals surface area (Å²) in [4.78, 5) is 42.8. The molecule has 2 aromatic carbocycles. The summed E-state index contributed by atoms with van der Waals surface area (Å²) in [6.45, 7) is 6.66. The van der Waals surface area contributed by atoms with Gasteiger partial charge in [-0.1, -0.05) is 48.5 Å². The first-order valence-electron chi connectivity index (χ1n) is 12.0. The van der Waals surface area contributed by atoms with Gasteiger partial charge in [0.15, 0.2) is 5.92 Å². The highest BCUT2D eigenvalue weighted by molar-refractivity contribution is 5.98. The monoisotopic (exact) mass is 501 g/mol. The molecule has 0 bridgehead atoms. The van der Waals surface area contributed by atoms with Gasteiger partial charge in [-0.25, -0.2) is 9.30 Å². The van der Waals surface area contributed by atoms with Crippen LogP contribution in [0.5, 0.6) is 0 Å². The number of carbonyl (C=O) groups excluding carboxylic acids is 2. The minimum Gasteiger partial charge on any atom is -0.711 e. The fraction of sp³-hybridized carbons (Fsp3) is 0.286. The number of hydrogen-bond donors (Lipinski definition) is 1. The molecule has 1 fully saturated rings. The van der Waals surface area contributed by atoms with Crippen molar-refractivity contribution in [2.45, 2.75) is 45.9 Å². The smallest absolute Gasteiger partial charge is 0.324 e. The Kier molecular flexibility index (Phi) is 5.86.